The van der Waals surface area contributed by atoms with E-state index in [9.17, 15) is 0 Å². The highest BCUT2D eigenvalue weighted by Crippen LogP contribution is 2.58. The minimum atomic E-state index is -0.545. The molecule has 2 heteroatoms. The molecule has 1 heterocycles. The molecule has 314 valence electrons. The van der Waals surface area contributed by atoms with Gasteiger partial charge in [0, 0.05) is 28.2 Å². The summed E-state index contributed by atoms with van der Waals surface area (Å²) in [6.45, 7) is 0. The predicted octanol–water partition coefficient (Wildman–Crippen LogP) is 17.4. The van der Waals surface area contributed by atoms with Crippen molar-refractivity contribution in [1.29, 1.82) is 0 Å². The van der Waals surface area contributed by atoms with Crippen molar-refractivity contribution < 1.29 is 4.74 Å². The maximum absolute atomic E-state index is 7.09. The molecule has 13 rings (SSSR count). The zero-order chi connectivity index (χ0) is 44.3. The minimum absolute atomic E-state index is 0.545. The van der Waals surface area contributed by atoms with Gasteiger partial charge in [-0.05, 0) is 138 Å². The molecular weight excluding hydrogens is 811 g/mol. The largest absolute Gasteiger partial charge is 0.456 e. The highest BCUT2D eigenvalue weighted by atomic mass is 16.5. The van der Waals surface area contributed by atoms with Gasteiger partial charge >= 0.3 is 0 Å². The molecule has 1 aliphatic carbocycles. The fraction of sp³-hybridized carbons (Fsp3) is 0.0154. The molecule has 0 saturated heterocycles. The number of fused-ring (bicyclic) bond motifs is 9. The van der Waals surface area contributed by atoms with Gasteiger partial charge in [0.15, 0.2) is 0 Å². The Morgan fingerprint density at radius 2 is 0.806 bits per heavy atom. The lowest BCUT2D eigenvalue weighted by molar-refractivity contribution is 0.488. The highest BCUT2D eigenvalue weighted by Gasteiger charge is 2.46. The van der Waals surface area contributed by atoms with E-state index in [-0.39, 0.29) is 0 Å². The van der Waals surface area contributed by atoms with Crippen LogP contribution in [0.4, 0.5) is 17.1 Å². The van der Waals surface area contributed by atoms with Crippen molar-refractivity contribution in [2.45, 2.75) is 5.41 Å². The number of ether oxygens (including phenoxy) is 1. The Morgan fingerprint density at radius 3 is 1.51 bits per heavy atom. The highest BCUT2D eigenvalue weighted by molar-refractivity contribution is 6.04. The van der Waals surface area contributed by atoms with Crippen LogP contribution in [-0.4, -0.2) is 0 Å². The zero-order valence-corrected chi connectivity index (χ0v) is 36.7. The smallest absolute Gasteiger partial charge is 0.135 e. The first-order valence-corrected chi connectivity index (χ1v) is 23.1. The second kappa shape index (κ2) is 15.8. The quantitative estimate of drug-likeness (QED) is 0.158. The average molecular weight is 854 g/mol. The lowest BCUT2D eigenvalue weighted by Gasteiger charge is -2.35. The number of rotatable bonds is 7. The first kappa shape index (κ1) is 38.7. The van der Waals surface area contributed by atoms with Gasteiger partial charge in [0.1, 0.15) is 11.5 Å². The Hall–Kier alpha value is -8.72. The summed E-state index contributed by atoms with van der Waals surface area (Å²) < 4.78 is 7.09. The molecule has 11 aromatic carbocycles. The molecule has 0 fully saturated rings. The summed E-state index contributed by atoms with van der Waals surface area (Å²) in [4.78, 5) is 2.42. The predicted molar refractivity (Wildman–Crippen MR) is 278 cm³/mol. The topological polar surface area (TPSA) is 12.5 Å². The summed E-state index contributed by atoms with van der Waals surface area (Å²) in [5.41, 5.74) is 19.2. The van der Waals surface area contributed by atoms with E-state index in [1.54, 1.807) is 0 Å². The van der Waals surface area contributed by atoms with Crippen LogP contribution in [0.15, 0.2) is 261 Å². The fourth-order valence-electron chi connectivity index (χ4n) is 10.9. The molecule has 0 saturated carbocycles. The van der Waals surface area contributed by atoms with Crippen molar-refractivity contribution in [3.05, 3.63) is 283 Å². The van der Waals surface area contributed by atoms with E-state index in [1.165, 1.54) is 55.3 Å². The molecule has 0 amide bonds. The summed E-state index contributed by atoms with van der Waals surface area (Å²) in [6, 6.07) is 95.0. The molecule has 0 bridgehead atoms. The number of hydrogen-bond acceptors (Lipinski definition) is 2. The molecule has 2 nitrogen and oxygen atoms in total. The monoisotopic (exact) mass is 853 g/mol. The van der Waals surface area contributed by atoms with Gasteiger partial charge in [0.2, 0.25) is 0 Å². The lowest BCUT2D eigenvalue weighted by atomic mass is 9.67. The normalized spacial score (nSPS) is 12.7. The van der Waals surface area contributed by atoms with Crippen molar-refractivity contribution in [1.82, 2.24) is 0 Å². The minimum Gasteiger partial charge on any atom is -0.456 e. The molecule has 67 heavy (non-hydrogen) atoms. The van der Waals surface area contributed by atoms with Crippen LogP contribution in [0.3, 0.4) is 0 Å². The number of hydrogen-bond donors (Lipinski definition) is 0. The summed E-state index contributed by atoms with van der Waals surface area (Å²) in [7, 11) is 0. The molecule has 0 N–H and O–H groups in total. The van der Waals surface area contributed by atoms with Crippen molar-refractivity contribution in [3.63, 3.8) is 0 Å². The number of anilines is 3. The summed E-state index contributed by atoms with van der Waals surface area (Å²) in [5, 5.41) is 2.37. The molecule has 1 aliphatic heterocycles. The van der Waals surface area contributed by atoms with Crippen LogP contribution in [0.1, 0.15) is 22.3 Å². The molecule has 0 atom stereocenters. The van der Waals surface area contributed by atoms with Crippen LogP contribution >= 0.6 is 0 Å². The van der Waals surface area contributed by atoms with Gasteiger partial charge in [-0.3, -0.25) is 0 Å². The third-order valence-corrected chi connectivity index (χ3v) is 13.9. The number of nitrogens with zero attached hydrogens (tertiary/aromatic N) is 1. The van der Waals surface area contributed by atoms with Gasteiger partial charge in [0.05, 0.1) is 5.41 Å². The van der Waals surface area contributed by atoms with E-state index in [2.05, 4.69) is 266 Å². The third kappa shape index (κ3) is 6.26. The molecule has 11 aromatic rings. The van der Waals surface area contributed by atoms with E-state index in [0.717, 1.165) is 61.9 Å². The molecule has 2 aliphatic rings. The molecule has 0 radical (unpaired) electrons. The second-order valence-electron chi connectivity index (χ2n) is 17.6. The van der Waals surface area contributed by atoms with E-state index < -0.39 is 5.41 Å². The van der Waals surface area contributed by atoms with Gasteiger partial charge in [-0.25, -0.2) is 0 Å². The van der Waals surface area contributed by atoms with Crippen molar-refractivity contribution in [3.8, 4) is 67.1 Å². The van der Waals surface area contributed by atoms with E-state index in [0.29, 0.717) is 0 Å². The van der Waals surface area contributed by atoms with E-state index >= 15 is 0 Å². The van der Waals surface area contributed by atoms with Gasteiger partial charge in [-0.2, -0.15) is 0 Å². The molecule has 0 aromatic heterocycles. The Labute approximate surface area is 391 Å². The van der Waals surface area contributed by atoms with Crippen LogP contribution < -0.4 is 9.64 Å². The molecule has 0 spiro atoms. The zero-order valence-electron chi connectivity index (χ0n) is 36.7. The Kier molecular flexibility index (Phi) is 9.11. The van der Waals surface area contributed by atoms with Gasteiger partial charge in [0.25, 0.3) is 0 Å². The SMILES string of the molecule is c1ccc(-c2ccc(N(c3ccc4c(c3)-c3cc5ccccc5cc3-c3c(cccc3-c3ccccc3)O4)c3ccc4c(c3)C(c3ccccc3)(c3ccccc3)c3ccccc3-4)cc2)cc1. The first-order valence-electron chi connectivity index (χ1n) is 23.1. The lowest BCUT2D eigenvalue weighted by Crippen LogP contribution is -2.28. The van der Waals surface area contributed by atoms with Gasteiger partial charge < -0.3 is 9.64 Å². The fourth-order valence-corrected chi connectivity index (χ4v) is 10.9. The van der Waals surface area contributed by atoms with Crippen molar-refractivity contribution in [2.75, 3.05) is 4.90 Å². The maximum atomic E-state index is 7.09. The first-order chi connectivity index (χ1) is 33.2. The van der Waals surface area contributed by atoms with Gasteiger partial charge in [-0.15, -0.1) is 0 Å². The van der Waals surface area contributed by atoms with Crippen LogP contribution in [-0.2, 0) is 5.41 Å². The third-order valence-electron chi connectivity index (χ3n) is 13.9. The van der Waals surface area contributed by atoms with Gasteiger partial charge in [-0.1, -0.05) is 200 Å². The Balaban J connectivity index is 1.05. The summed E-state index contributed by atoms with van der Waals surface area (Å²) in [6.07, 6.45) is 0. The number of benzene rings is 11. The average Bonchev–Trinajstić information content (AvgIpc) is 3.62. The van der Waals surface area contributed by atoms with Crippen molar-refractivity contribution in [2.24, 2.45) is 0 Å². The summed E-state index contributed by atoms with van der Waals surface area (Å²) in [5.74, 6) is 1.66. The molecular formula is C65H43NO. The Bertz CT molecular complexity index is 3600. The summed E-state index contributed by atoms with van der Waals surface area (Å²) >= 11 is 0. The van der Waals surface area contributed by atoms with Crippen LogP contribution in [0.5, 0.6) is 11.5 Å². The molecule has 0 unspecified atom stereocenters. The maximum Gasteiger partial charge on any atom is 0.135 e. The van der Waals surface area contributed by atoms with Crippen LogP contribution in [0, 0.1) is 0 Å². The van der Waals surface area contributed by atoms with Crippen LogP contribution in [0.25, 0.3) is 66.4 Å². The standard InChI is InChI=1S/C65H43NO/c1-5-18-44(19-6-1)45-32-34-51(35-33-45)66(53-36-38-56-55-28-15-16-30-60(55)65(61(56)43-53,49-24-9-3-10-25-49)50-26-11-4-12-27-50)52-37-39-62-58(42-52)57-40-47-22-13-14-23-48(47)41-59(57)64-54(29-17-31-63(64)67-62)46-20-7-2-8-21-46/h1-43H. The van der Waals surface area contributed by atoms with E-state index in [4.69, 9.17) is 4.74 Å². The second-order valence-corrected chi connectivity index (χ2v) is 17.6. The van der Waals surface area contributed by atoms with E-state index in [1.807, 2.05) is 0 Å². The van der Waals surface area contributed by atoms with Crippen LogP contribution in [0.2, 0.25) is 0 Å². The van der Waals surface area contributed by atoms with Crippen molar-refractivity contribution >= 4 is 27.8 Å². The Morgan fingerprint density at radius 1 is 0.284 bits per heavy atom.